The summed E-state index contributed by atoms with van der Waals surface area (Å²) in [5.74, 6) is 0. The first-order valence-electron chi connectivity index (χ1n) is 5.41. The highest BCUT2D eigenvalue weighted by molar-refractivity contribution is 7.90. The molecule has 0 N–H and O–H groups in total. The van der Waals surface area contributed by atoms with Crippen molar-refractivity contribution in [1.82, 2.24) is 4.98 Å². The Kier molecular flexibility index (Phi) is 3.97. The highest BCUT2D eigenvalue weighted by atomic mass is 35.5. The van der Waals surface area contributed by atoms with Crippen LogP contribution >= 0.6 is 11.6 Å². The Balaban J connectivity index is 2.18. The van der Waals surface area contributed by atoms with Crippen LogP contribution in [0.2, 0.25) is 5.15 Å². The zero-order valence-electron chi connectivity index (χ0n) is 10.1. The lowest BCUT2D eigenvalue weighted by atomic mass is 10.3. The first-order valence-corrected chi connectivity index (χ1v) is 7.68. The maximum atomic E-state index is 11.3. The van der Waals surface area contributed by atoms with E-state index in [1.807, 2.05) is 0 Å². The number of pyridine rings is 1. The number of rotatable bonds is 3. The SMILES string of the molecule is CS(=O)(=O)c1ccc(/N=C/c2ccc(Cl)nc2)cc1. The fraction of sp³-hybridized carbons (Fsp3) is 0.0769. The lowest BCUT2D eigenvalue weighted by Gasteiger charge is -1.98. The van der Waals surface area contributed by atoms with Crippen LogP contribution in [0, 0.1) is 0 Å². The standard InChI is InChI=1S/C13H11ClN2O2S/c1-19(17,18)12-5-3-11(4-6-12)15-8-10-2-7-13(14)16-9-10/h2-9H,1H3/b15-8+. The smallest absolute Gasteiger partial charge is 0.175 e. The van der Waals surface area contributed by atoms with Crippen LogP contribution in [0.5, 0.6) is 0 Å². The Morgan fingerprint density at radius 2 is 1.84 bits per heavy atom. The van der Waals surface area contributed by atoms with Gasteiger partial charge in [0.2, 0.25) is 0 Å². The predicted molar refractivity (Wildman–Crippen MR) is 76.1 cm³/mol. The van der Waals surface area contributed by atoms with Crippen molar-refractivity contribution < 1.29 is 8.42 Å². The summed E-state index contributed by atoms with van der Waals surface area (Å²) in [6.45, 7) is 0. The number of sulfone groups is 1. The molecular weight excluding hydrogens is 284 g/mol. The second-order valence-corrected chi connectivity index (χ2v) is 6.34. The number of hydrogen-bond acceptors (Lipinski definition) is 4. The van der Waals surface area contributed by atoms with Crippen LogP contribution in [0.3, 0.4) is 0 Å². The minimum atomic E-state index is -3.17. The predicted octanol–water partition coefficient (Wildman–Crippen LogP) is 2.89. The highest BCUT2D eigenvalue weighted by Gasteiger charge is 2.05. The topological polar surface area (TPSA) is 59.4 Å². The first kappa shape index (κ1) is 13.7. The van der Waals surface area contributed by atoms with Crippen molar-refractivity contribution in [3.05, 3.63) is 53.3 Å². The summed E-state index contributed by atoms with van der Waals surface area (Å²) in [5.41, 5.74) is 1.49. The molecule has 2 aromatic rings. The van der Waals surface area contributed by atoms with E-state index in [-0.39, 0.29) is 4.90 Å². The Morgan fingerprint density at radius 3 is 2.37 bits per heavy atom. The molecule has 0 aliphatic carbocycles. The van der Waals surface area contributed by atoms with E-state index in [9.17, 15) is 8.42 Å². The summed E-state index contributed by atoms with van der Waals surface area (Å²) < 4.78 is 22.6. The quantitative estimate of drug-likeness (QED) is 0.646. The second kappa shape index (κ2) is 5.50. The Labute approximate surface area is 116 Å². The van der Waals surface area contributed by atoms with Crippen molar-refractivity contribution >= 4 is 33.3 Å². The van der Waals surface area contributed by atoms with Crippen LogP contribution in [0.15, 0.2) is 52.5 Å². The minimum Gasteiger partial charge on any atom is -0.256 e. The van der Waals surface area contributed by atoms with Crippen LogP contribution in [-0.2, 0) is 9.84 Å². The van der Waals surface area contributed by atoms with E-state index < -0.39 is 9.84 Å². The zero-order chi connectivity index (χ0) is 13.9. The summed E-state index contributed by atoms with van der Waals surface area (Å²) in [6, 6.07) is 9.83. The number of nitrogens with zero attached hydrogens (tertiary/aromatic N) is 2. The molecule has 4 nitrogen and oxygen atoms in total. The van der Waals surface area contributed by atoms with Crippen molar-refractivity contribution in [2.24, 2.45) is 4.99 Å². The molecule has 0 amide bonds. The van der Waals surface area contributed by atoms with Gasteiger partial charge in [0, 0.05) is 24.2 Å². The molecule has 0 spiro atoms. The minimum absolute atomic E-state index is 0.277. The van der Waals surface area contributed by atoms with E-state index in [2.05, 4.69) is 9.98 Å². The molecule has 98 valence electrons. The van der Waals surface area contributed by atoms with Gasteiger partial charge in [0.25, 0.3) is 0 Å². The molecule has 19 heavy (non-hydrogen) atoms. The highest BCUT2D eigenvalue weighted by Crippen LogP contribution is 2.16. The first-order chi connectivity index (χ1) is 8.95. The van der Waals surface area contributed by atoms with Gasteiger partial charge in [-0.2, -0.15) is 0 Å². The van der Waals surface area contributed by atoms with Crippen molar-refractivity contribution in [2.45, 2.75) is 4.90 Å². The summed E-state index contributed by atoms with van der Waals surface area (Å²) in [5, 5.41) is 0.426. The molecule has 0 fully saturated rings. The molecule has 0 aliphatic rings. The third kappa shape index (κ3) is 3.87. The van der Waals surface area contributed by atoms with E-state index in [1.54, 1.807) is 36.7 Å². The van der Waals surface area contributed by atoms with Crippen LogP contribution in [0.4, 0.5) is 5.69 Å². The monoisotopic (exact) mass is 294 g/mol. The number of benzene rings is 1. The van der Waals surface area contributed by atoms with E-state index in [0.29, 0.717) is 10.8 Å². The van der Waals surface area contributed by atoms with Crippen molar-refractivity contribution in [3.63, 3.8) is 0 Å². The lowest BCUT2D eigenvalue weighted by molar-refractivity contribution is 0.602. The van der Waals surface area contributed by atoms with Gasteiger partial charge in [-0.05, 0) is 36.4 Å². The molecule has 1 heterocycles. The molecule has 1 aromatic heterocycles. The Morgan fingerprint density at radius 1 is 1.16 bits per heavy atom. The molecular formula is C13H11ClN2O2S. The van der Waals surface area contributed by atoms with Gasteiger partial charge in [0.1, 0.15) is 5.15 Å². The van der Waals surface area contributed by atoms with Crippen LogP contribution in [0.1, 0.15) is 5.56 Å². The normalized spacial score (nSPS) is 11.9. The van der Waals surface area contributed by atoms with Crippen LogP contribution in [-0.4, -0.2) is 25.9 Å². The van der Waals surface area contributed by atoms with Crippen molar-refractivity contribution in [1.29, 1.82) is 0 Å². The van der Waals surface area contributed by atoms with Gasteiger partial charge in [0.15, 0.2) is 9.84 Å². The number of halogens is 1. The summed E-state index contributed by atoms with van der Waals surface area (Å²) in [7, 11) is -3.17. The third-order valence-electron chi connectivity index (χ3n) is 2.38. The molecule has 0 saturated heterocycles. The van der Waals surface area contributed by atoms with E-state index >= 15 is 0 Å². The second-order valence-electron chi connectivity index (χ2n) is 3.94. The molecule has 0 unspecified atom stereocenters. The van der Waals surface area contributed by atoms with Gasteiger partial charge < -0.3 is 0 Å². The average Bonchev–Trinajstić information content (AvgIpc) is 2.37. The van der Waals surface area contributed by atoms with Gasteiger partial charge in [0.05, 0.1) is 10.6 Å². The zero-order valence-corrected chi connectivity index (χ0v) is 11.7. The van der Waals surface area contributed by atoms with Gasteiger partial charge >= 0.3 is 0 Å². The third-order valence-corrected chi connectivity index (χ3v) is 3.73. The Bertz CT molecular complexity index is 692. The summed E-state index contributed by atoms with van der Waals surface area (Å²) in [6.07, 6.45) is 4.42. The largest absolute Gasteiger partial charge is 0.256 e. The maximum Gasteiger partial charge on any atom is 0.175 e. The molecule has 0 radical (unpaired) electrons. The van der Waals surface area contributed by atoms with Crippen LogP contribution < -0.4 is 0 Å². The lowest BCUT2D eigenvalue weighted by Crippen LogP contribution is -1.95. The molecule has 2 rings (SSSR count). The summed E-state index contributed by atoms with van der Waals surface area (Å²) in [4.78, 5) is 8.44. The van der Waals surface area contributed by atoms with Crippen molar-refractivity contribution in [2.75, 3.05) is 6.26 Å². The molecule has 0 bridgehead atoms. The van der Waals surface area contributed by atoms with Gasteiger partial charge in [-0.3, -0.25) is 4.99 Å². The Hall–Kier alpha value is -1.72. The molecule has 1 aromatic carbocycles. The fourth-order valence-corrected chi connectivity index (χ4v) is 2.13. The van der Waals surface area contributed by atoms with Gasteiger partial charge in [-0.15, -0.1) is 0 Å². The van der Waals surface area contributed by atoms with Crippen molar-refractivity contribution in [3.8, 4) is 0 Å². The van der Waals surface area contributed by atoms with E-state index in [1.165, 1.54) is 18.4 Å². The number of aromatic nitrogens is 1. The number of aliphatic imine (C=N–C) groups is 1. The van der Waals surface area contributed by atoms with Gasteiger partial charge in [-0.25, -0.2) is 13.4 Å². The number of hydrogen-bond donors (Lipinski definition) is 0. The fourth-order valence-electron chi connectivity index (χ4n) is 1.39. The van der Waals surface area contributed by atoms with Crippen LogP contribution in [0.25, 0.3) is 0 Å². The summed E-state index contributed by atoms with van der Waals surface area (Å²) >= 11 is 5.68. The average molecular weight is 295 g/mol. The molecule has 6 heteroatoms. The maximum absolute atomic E-state index is 11.3. The molecule has 0 saturated carbocycles. The van der Waals surface area contributed by atoms with E-state index in [0.717, 1.165) is 5.56 Å². The van der Waals surface area contributed by atoms with Gasteiger partial charge in [-0.1, -0.05) is 11.6 Å². The molecule has 0 aliphatic heterocycles. The molecule has 0 atom stereocenters. The van der Waals surface area contributed by atoms with E-state index in [4.69, 9.17) is 11.6 Å².